The number of rotatable bonds is 4. The quantitative estimate of drug-likeness (QED) is 0.848. The van der Waals surface area contributed by atoms with Gasteiger partial charge in [-0.1, -0.05) is 12.1 Å². The molecule has 3 N–H and O–H groups in total. The van der Waals surface area contributed by atoms with Crippen LogP contribution in [0.15, 0.2) is 30.6 Å². The number of carbonyl (C=O) groups is 1. The predicted molar refractivity (Wildman–Crippen MR) is 67.0 cm³/mol. The fourth-order valence-electron chi connectivity index (χ4n) is 2.39. The molecule has 0 radical (unpaired) electrons. The fraction of sp³-hybridized carbons (Fsp3) is 0.385. The molecule has 5 nitrogen and oxygen atoms in total. The molecule has 1 atom stereocenters. The van der Waals surface area contributed by atoms with Crippen LogP contribution in [0.2, 0.25) is 0 Å². The molecule has 3 rings (SSSR count). The molecule has 0 saturated heterocycles. The first kappa shape index (κ1) is 11.2. The first-order valence-corrected chi connectivity index (χ1v) is 6.03. The highest BCUT2D eigenvalue weighted by atomic mass is 16.4. The summed E-state index contributed by atoms with van der Waals surface area (Å²) in [5, 5.41) is 9.36. The number of carboxylic acids is 1. The molecule has 2 aromatic rings. The molecule has 94 valence electrons. The molecule has 1 saturated carbocycles. The number of hydrogen-bond donors (Lipinski definition) is 2. The summed E-state index contributed by atoms with van der Waals surface area (Å²) in [5.41, 5.74) is 6.69. The summed E-state index contributed by atoms with van der Waals surface area (Å²) in [6.07, 6.45) is 3.46. The number of para-hydroxylation sites is 2. The topological polar surface area (TPSA) is 81.1 Å². The predicted octanol–water partition coefficient (Wildman–Crippen LogP) is 1.23. The van der Waals surface area contributed by atoms with Crippen LogP contribution in [0.3, 0.4) is 0 Å². The van der Waals surface area contributed by atoms with Crippen molar-refractivity contribution in [2.45, 2.75) is 24.9 Å². The summed E-state index contributed by atoms with van der Waals surface area (Å²) >= 11 is 0. The third-order valence-corrected chi connectivity index (χ3v) is 3.66. The van der Waals surface area contributed by atoms with Gasteiger partial charge in [0, 0.05) is 0 Å². The van der Waals surface area contributed by atoms with Crippen molar-refractivity contribution < 1.29 is 9.90 Å². The molecule has 0 amide bonds. The molecule has 5 heteroatoms. The summed E-state index contributed by atoms with van der Waals surface area (Å²) in [6.45, 7) is 0.271. The number of aliphatic carboxylic acids is 1. The lowest BCUT2D eigenvalue weighted by Crippen LogP contribution is -2.53. The van der Waals surface area contributed by atoms with Crippen molar-refractivity contribution in [2.24, 2.45) is 11.7 Å². The van der Waals surface area contributed by atoms with Gasteiger partial charge in [-0.05, 0) is 30.9 Å². The minimum absolute atomic E-state index is 0.0798. The van der Waals surface area contributed by atoms with Gasteiger partial charge in [-0.15, -0.1) is 0 Å². The number of aromatic nitrogens is 2. The van der Waals surface area contributed by atoms with Gasteiger partial charge in [0.1, 0.15) is 5.54 Å². The first-order valence-electron chi connectivity index (χ1n) is 6.03. The monoisotopic (exact) mass is 245 g/mol. The molecule has 1 aliphatic carbocycles. The van der Waals surface area contributed by atoms with E-state index < -0.39 is 11.5 Å². The Labute approximate surface area is 104 Å². The summed E-state index contributed by atoms with van der Waals surface area (Å²) in [4.78, 5) is 15.7. The van der Waals surface area contributed by atoms with Gasteiger partial charge in [-0.2, -0.15) is 0 Å². The van der Waals surface area contributed by atoms with Crippen LogP contribution in [0.5, 0.6) is 0 Å². The van der Waals surface area contributed by atoms with Gasteiger partial charge in [0.05, 0.1) is 23.9 Å². The van der Waals surface area contributed by atoms with Crippen molar-refractivity contribution >= 4 is 17.0 Å². The van der Waals surface area contributed by atoms with Crippen LogP contribution in [-0.2, 0) is 11.3 Å². The van der Waals surface area contributed by atoms with E-state index in [0.29, 0.717) is 0 Å². The zero-order valence-corrected chi connectivity index (χ0v) is 9.91. The van der Waals surface area contributed by atoms with Crippen LogP contribution in [0.4, 0.5) is 0 Å². The second-order valence-corrected chi connectivity index (χ2v) is 4.98. The van der Waals surface area contributed by atoms with Crippen molar-refractivity contribution in [3.63, 3.8) is 0 Å². The number of carboxylic acid groups (broad SMARTS) is 1. The maximum Gasteiger partial charge on any atom is 0.325 e. The van der Waals surface area contributed by atoms with E-state index in [1.54, 1.807) is 6.33 Å². The zero-order chi connectivity index (χ0) is 12.8. The largest absolute Gasteiger partial charge is 0.480 e. The average Bonchev–Trinajstić information content (AvgIpc) is 3.14. The Morgan fingerprint density at radius 2 is 2.22 bits per heavy atom. The summed E-state index contributed by atoms with van der Waals surface area (Å²) in [7, 11) is 0. The van der Waals surface area contributed by atoms with E-state index in [9.17, 15) is 9.90 Å². The Morgan fingerprint density at radius 3 is 2.89 bits per heavy atom. The third-order valence-electron chi connectivity index (χ3n) is 3.66. The lowest BCUT2D eigenvalue weighted by molar-refractivity contribution is -0.144. The van der Waals surface area contributed by atoms with Gasteiger partial charge in [-0.25, -0.2) is 4.98 Å². The molecule has 0 spiro atoms. The molecule has 1 fully saturated rings. The number of benzene rings is 1. The minimum Gasteiger partial charge on any atom is -0.480 e. The van der Waals surface area contributed by atoms with E-state index in [4.69, 9.17) is 5.73 Å². The van der Waals surface area contributed by atoms with Crippen LogP contribution in [0, 0.1) is 5.92 Å². The fourth-order valence-corrected chi connectivity index (χ4v) is 2.39. The maximum absolute atomic E-state index is 11.4. The van der Waals surface area contributed by atoms with Crippen LogP contribution in [-0.4, -0.2) is 26.2 Å². The van der Waals surface area contributed by atoms with Crippen molar-refractivity contribution in [3.05, 3.63) is 30.6 Å². The molecule has 18 heavy (non-hydrogen) atoms. The van der Waals surface area contributed by atoms with Crippen LogP contribution < -0.4 is 5.73 Å². The number of nitrogens with zero attached hydrogens (tertiary/aromatic N) is 2. The summed E-state index contributed by atoms with van der Waals surface area (Å²) in [5.74, 6) is -0.848. The number of imidazole rings is 1. The van der Waals surface area contributed by atoms with Crippen LogP contribution in [0.1, 0.15) is 12.8 Å². The van der Waals surface area contributed by atoms with E-state index in [0.717, 1.165) is 23.9 Å². The zero-order valence-electron chi connectivity index (χ0n) is 9.91. The van der Waals surface area contributed by atoms with Gasteiger partial charge in [0.15, 0.2) is 0 Å². The lowest BCUT2D eigenvalue weighted by atomic mass is 9.94. The Hall–Kier alpha value is -1.88. The molecule has 0 aliphatic heterocycles. The molecular formula is C13H15N3O2. The Balaban J connectivity index is 1.98. The SMILES string of the molecule is NC(Cn1cnc2ccccc21)(C(=O)O)C1CC1. The summed E-state index contributed by atoms with van der Waals surface area (Å²) < 4.78 is 1.84. The Bertz CT molecular complexity index is 603. The van der Waals surface area contributed by atoms with Gasteiger partial charge < -0.3 is 15.4 Å². The normalized spacial score (nSPS) is 18.7. The number of nitrogens with two attached hydrogens (primary N) is 1. The van der Waals surface area contributed by atoms with Gasteiger partial charge in [0.25, 0.3) is 0 Å². The van der Waals surface area contributed by atoms with Gasteiger partial charge in [-0.3, -0.25) is 4.79 Å². The smallest absolute Gasteiger partial charge is 0.325 e. The Kier molecular flexibility index (Phi) is 2.38. The standard InChI is InChI=1S/C13H15N3O2/c14-13(12(17)18,9-5-6-9)7-16-8-15-10-3-1-2-4-11(10)16/h1-4,8-9H,5-7,14H2,(H,17,18). The van der Waals surface area contributed by atoms with Crippen molar-refractivity contribution in [1.82, 2.24) is 9.55 Å². The van der Waals surface area contributed by atoms with E-state index in [-0.39, 0.29) is 12.5 Å². The molecule has 1 aromatic carbocycles. The summed E-state index contributed by atoms with van der Waals surface area (Å²) in [6, 6.07) is 7.66. The van der Waals surface area contributed by atoms with Crippen LogP contribution in [0.25, 0.3) is 11.0 Å². The van der Waals surface area contributed by atoms with Crippen molar-refractivity contribution in [2.75, 3.05) is 0 Å². The highest BCUT2D eigenvalue weighted by Crippen LogP contribution is 2.39. The minimum atomic E-state index is -1.18. The van der Waals surface area contributed by atoms with Crippen molar-refractivity contribution in [3.8, 4) is 0 Å². The van der Waals surface area contributed by atoms with E-state index in [2.05, 4.69) is 4.98 Å². The highest BCUT2D eigenvalue weighted by Gasteiger charge is 2.48. The van der Waals surface area contributed by atoms with Crippen molar-refractivity contribution in [1.29, 1.82) is 0 Å². The molecule has 1 heterocycles. The number of hydrogen-bond acceptors (Lipinski definition) is 3. The second-order valence-electron chi connectivity index (χ2n) is 4.98. The molecule has 1 aliphatic rings. The number of fused-ring (bicyclic) bond motifs is 1. The van der Waals surface area contributed by atoms with Gasteiger partial charge >= 0.3 is 5.97 Å². The first-order chi connectivity index (χ1) is 8.61. The molecule has 0 bridgehead atoms. The highest BCUT2D eigenvalue weighted by molar-refractivity contribution is 5.80. The average molecular weight is 245 g/mol. The second kappa shape index (κ2) is 3.81. The lowest BCUT2D eigenvalue weighted by Gasteiger charge is -2.25. The maximum atomic E-state index is 11.4. The molecular weight excluding hydrogens is 230 g/mol. The van der Waals surface area contributed by atoms with E-state index in [1.807, 2.05) is 28.8 Å². The van der Waals surface area contributed by atoms with E-state index in [1.165, 1.54) is 0 Å². The van der Waals surface area contributed by atoms with Crippen LogP contribution >= 0.6 is 0 Å². The molecule has 1 aromatic heterocycles. The third kappa shape index (κ3) is 1.67. The Morgan fingerprint density at radius 1 is 1.50 bits per heavy atom. The van der Waals surface area contributed by atoms with Gasteiger partial charge in [0.2, 0.25) is 0 Å². The molecule has 1 unspecified atom stereocenters. The van der Waals surface area contributed by atoms with E-state index >= 15 is 0 Å².